The number of hydrogen-bond donors (Lipinski definition) is 5. The van der Waals surface area contributed by atoms with Crippen LogP contribution in [0.5, 0.6) is 5.75 Å². The highest BCUT2D eigenvalue weighted by atomic mass is 16.4. The summed E-state index contributed by atoms with van der Waals surface area (Å²) in [5, 5.41) is 23.9. The van der Waals surface area contributed by atoms with Crippen molar-refractivity contribution in [2.75, 3.05) is 13.1 Å². The Hall–Kier alpha value is -3.14. The van der Waals surface area contributed by atoms with E-state index in [9.17, 15) is 29.4 Å². The lowest BCUT2D eigenvalue weighted by Gasteiger charge is -2.26. The summed E-state index contributed by atoms with van der Waals surface area (Å²) in [6.07, 6.45) is 1.53. The van der Waals surface area contributed by atoms with E-state index in [0.717, 1.165) is 0 Å². The van der Waals surface area contributed by atoms with Crippen molar-refractivity contribution in [3.8, 4) is 5.75 Å². The predicted molar refractivity (Wildman–Crippen MR) is 117 cm³/mol. The highest BCUT2D eigenvalue weighted by Gasteiger charge is 2.36. The Kier molecular flexibility index (Phi) is 9.01. The summed E-state index contributed by atoms with van der Waals surface area (Å²) in [7, 11) is 0. The number of benzene rings is 1. The molecule has 1 aromatic rings. The van der Waals surface area contributed by atoms with E-state index in [4.69, 9.17) is 5.73 Å². The van der Waals surface area contributed by atoms with Gasteiger partial charge in [-0.25, -0.2) is 4.79 Å². The Balaban J connectivity index is 1.94. The van der Waals surface area contributed by atoms with Gasteiger partial charge in [0.25, 0.3) is 0 Å². The monoisotopic (exact) mass is 448 g/mol. The van der Waals surface area contributed by atoms with Crippen molar-refractivity contribution in [1.29, 1.82) is 0 Å². The first-order chi connectivity index (χ1) is 15.1. The average molecular weight is 449 g/mol. The normalized spacial score (nSPS) is 17.6. The zero-order chi connectivity index (χ0) is 23.8. The summed E-state index contributed by atoms with van der Waals surface area (Å²) in [5.41, 5.74) is 6.45. The topological polar surface area (TPSA) is 162 Å². The molecule has 1 aliphatic heterocycles. The minimum absolute atomic E-state index is 0.0335. The van der Waals surface area contributed by atoms with Gasteiger partial charge in [-0.3, -0.25) is 14.4 Å². The van der Waals surface area contributed by atoms with Gasteiger partial charge in [0.05, 0.1) is 12.6 Å². The van der Waals surface area contributed by atoms with Crippen molar-refractivity contribution >= 4 is 23.7 Å². The number of carbonyl (C=O) groups excluding carboxylic acids is 3. The third-order valence-corrected chi connectivity index (χ3v) is 5.34. The fraction of sp³-hybridized carbons (Fsp3) is 0.545. The third-order valence-electron chi connectivity index (χ3n) is 5.34. The summed E-state index contributed by atoms with van der Waals surface area (Å²) in [4.78, 5) is 50.4. The molecule has 10 heteroatoms. The lowest BCUT2D eigenvalue weighted by molar-refractivity contribution is -0.144. The molecule has 3 amide bonds. The molecule has 32 heavy (non-hydrogen) atoms. The molecule has 0 aliphatic carbocycles. The number of phenols is 1. The second-order valence-corrected chi connectivity index (χ2v) is 8.47. The van der Waals surface area contributed by atoms with Gasteiger partial charge < -0.3 is 31.5 Å². The van der Waals surface area contributed by atoms with Crippen LogP contribution in [0.3, 0.4) is 0 Å². The number of carboxylic acid groups (broad SMARTS) is 1. The van der Waals surface area contributed by atoms with Crippen LogP contribution >= 0.6 is 0 Å². The van der Waals surface area contributed by atoms with Gasteiger partial charge in [-0.05, 0) is 42.9 Å². The quantitative estimate of drug-likeness (QED) is 0.336. The lowest BCUT2D eigenvalue weighted by Crippen LogP contribution is -2.53. The largest absolute Gasteiger partial charge is 0.508 e. The predicted octanol–water partition coefficient (Wildman–Crippen LogP) is -0.0153. The molecule has 1 aliphatic rings. The zero-order valence-corrected chi connectivity index (χ0v) is 18.4. The SMILES string of the molecule is CC(C)CC(N)C(=O)NCC(=O)N1CCCC1C(=O)NC(Cc1ccc(O)cc1)C(=O)O. The maximum atomic E-state index is 12.8. The van der Waals surface area contributed by atoms with E-state index in [-0.39, 0.29) is 24.6 Å². The number of carbonyl (C=O) groups is 4. The van der Waals surface area contributed by atoms with E-state index < -0.39 is 41.8 Å². The first kappa shape index (κ1) is 25.1. The molecule has 2 rings (SSSR count). The van der Waals surface area contributed by atoms with Crippen molar-refractivity contribution in [3.05, 3.63) is 29.8 Å². The van der Waals surface area contributed by atoms with Crippen LogP contribution in [-0.2, 0) is 25.6 Å². The number of nitrogens with one attached hydrogen (secondary N) is 2. The number of nitrogens with zero attached hydrogens (tertiary/aromatic N) is 1. The van der Waals surface area contributed by atoms with E-state index in [2.05, 4.69) is 10.6 Å². The highest BCUT2D eigenvalue weighted by molar-refractivity contribution is 5.93. The Morgan fingerprint density at radius 2 is 1.84 bits per heavy atom. The second-order valence-electron chi connectivity index (χ2n) is 8.47. The maximum Gasteiger partial charge on any atom is 0.326 e. The fourth-order valence-corrected chi connectivity index (χ4v) is 3.68. The van der Waals surface area contributed by atoms with E-state index in [0.29, 0.717) is 31.4 Å². The Morgan fingerprint density at radius 3 is 2.44 bits per heavy atom. The molecule has 10 nitrogen and oxygen atoms in total. The number of nitrogens with two attached hydrogens (primary N) is 1. The van der Waals surface area contributed by atoms with Crippen LogP contribution in [0.15, 0.2) is 24.3 Å². The van der Waals surface area contributed by atoms with Gasteiger partial charge in [0, 0.05) is 13.0 Å². The summed E-state index contributed by atoms with van der Waals surface area (Å²) >= 11 is 0. The molecular weight excluding hydrogens is 416 g/mol. The Bertz CT molecular complexity index is 826. The summed E-state index contributed by atoms with van der Waals surface area (Å²) in [5.74, 6) is -2.30. The standard InChI is InChI=1S/C22H32N4O6/c1-13(2)10-16(23)20(29)24-12-19(28)26-9-3-4-18(26)21(30)25-17(22(31)32)11-14-5-7-15(27)8-6-14/h5-8,13,16-18,27H,3-4,9-12,23H2,1-2H3,(H,24,29)(H,25,30)(H,31,32). The van der Waals surface area contributed by atoms with Crippen LogP contribution in [0.1, 0.15) is 38.7 Å². The molecule has 0 radical (unpaired) electrons. The first-order valence-corrected chi connectivity index (χ1v) is 10.7. The summed E-state index contributed by atoms with van der Waals surface area (Å²) in [6, 6.07) is 3.34. The van der Waals surface area contributed by atoms with Crippen molar-refractivity contribution in [1.82, 2.24) is 15.5 Å². The van der Waals surface area contributed by atoms with Crippen LogP contribution in [0.25, 0.3) is 0 Å². The number of carboxylic acids is 1. The Labute approximate surface area is 187 Å². The number of rotatable bonds is 10. The van der Waals surface area contributed by atoms with E-state index >= 15 is 0 Å². The van der Waals surface area contributed by atoms with Crippen LogP contribution in [-0.4, -0.2) is 70.0 Å². The molecule has 3 atom stereocenters. The summed E-state index contributed by atoms with van der Waals surface area (Å²) in [6.45, 7) is 3.96. The average Bonchev–Trinajstić information content (AvgIpc) is 3.22. The number of phenolic OH excluding ortho intramolecular Hbond substituents is 1. The number of aromatic hydroxyl groups is 1. The molecule has 3 unspecified atom stereocenters. The van der Waals surface area contributed by atoms with E-state index in [1.165, 1.54) is 17.0 Å². The van der Waals surface area contributed by atoms with Gasteiger partial charge in [-0.2, -0.15) is 0 Å². The molecular formula is C22H32N4O6. The minimum atomic E-state index is -1.20. The van der Waals surface area contributed by atoms with Gasteiger partial charge in [-0.15, -0.1) is 0 Å². The van der Waals surface area contributed by atoms with Gasteiger partial charge in [0.1, 0.15) is 17.8 Å². The summed E-state index contributed by atoms with van der Waals surface area (Å²) < 4.78 is 0. The van der Waals surface area contributed by atoms with Crippen LogP contribution in [0, 0.1) is 5.92 Å². The molecule has 1 heterocycles. The fourth-order valence-electron chi connectivity index (χ4n) is 3.68. The number of amides is 3. The van der Waals surface area contributed by atoms with Gasteiger partial charge in [0.2, 0.25) is 17.7 Å². The van der Waals surface area contributed by atoms with Gasteiger partial charge >= 0.3 is 5.97 Å². The lowest BCUT2D eigenvalue weighted by atomic mass is 10.0. The highest BCUT2D eigenvalue weighted by Crippen LogP contribution is 2.18. The number of aliphatic carboxylic acids is 1. The van der Waals surface area contributed by atoms with Crippen molar-refractivity contribution in [2.24, 2.45) is 11.7 Å². The van der Waals surface area contributed by atoms with Crippen molar-refractivity contribution < 1.29 is 29.4 Å². The molecule has 1 aromatic carbocycles. The van der Waals surface area contributed by atoms with Crippen molar-refractivity contribution in [2.45, 2.75) is 57.7 Å². The van der Waals surface area contributed by atoms with Crippen LogP contribution in [0.2, 0.25) is 0 Å². The number of hydrogen-bond acceptors (Lipinski definition) is 6. The maximum absolute atomic E-state index is 12.8. The molecule has 0 aromatic heterocycles. The smallest absolute Gasteiger partial charge is 0.326 e. The molecule has 1 fully saturated rings. The second kappa shape index (κ2) is 11.5. The molecule has 0 spiro atoms. The zero-order valence-electron chi connectivity index (χ0n) is 18.4. The first-order valence-electron chi connectivity index (χ1n) is 10.7. The number of likely N-dealkylation sites (tertiary alicyclic amines) is 1. The molecule has 0 saturated carbocycles. The van der Waals surface area contributed by atoms with Gasteiger partial charge in [0.15, 0.2) is 0 Å². The molecule has 1 saturated heterocycles. The third kappa shape index (κ3) is 7.23. The van der Waals surface area contributed by atoms with E-state index in [1.54, 1.807) is 12.1 Å². The van der Waals surface area contributed by atoms with Crippen molar-refractivity contribution in [3.63, 3.8) is 0 Å². The molecule has 6 N–H and O–H groups in total. The van der Waals surface area contributed by atoms with Crippen LogP contribution in [0.4, 0.5) is 0 Å². The van der Waals surface area contributed by atoms with Gasteiger partial charge in [-0.1, -0.05) is 26.0 Å². The molecule has 0 bridgehead atoms. The Morgan fingerprint density at radius 1 is 1.19 bits per heavy atom. The molecule has 176 valence electrons. The minimum Gasteiger partial charge on any atom is -0.508 e. The van der Waals surface area contributed by atoms with E-state index in [1.807, 2.05) is 13.8 Å². The van der Waals surface area contributed by atoms with Crippen LogP contribution < -0.4 is 16.4 Å².